The molecule has 2 heterocycles. The van der Waals surface area contributed by atoms with E-state index >= 15 is 0 Å². The Balaban J connectivity index is 2.31. The zero-order valence-electron chi connectivity index (χ0n) is 13.9. The van der Waals surface area contributed by atoms with Gasteiger partial charge < -0.3 is 4.74 Å². The minimum absolute atomic E-state index is 0.0496. The molecule has 0 aromatic carbocycles. The second kappa shape index (κ2) is 6.31. The molecular formula is C15H21ClN4O3. The molecule has 2 rings (SSSR count). The van der Waals surface area contributed by atoms with E-state index in [0.29, 0.717) is 5.82 Å². The molecule has 1 saturated heterocycles. The predicted molar refractivity (Wildman–Crippen MR) is 86.5 cm³/mol. The van der Waals surface area contributed by atoms with Crippen LogP contribution >= 0.6 is 11.6 Å². The van der Waals surface area contributed by atoms with Crippen LogP contribution in [-0.4, -0.2) is 45.2 Å². The molecule has 23 heavy (non-hydrogen) atoms. The molecular weight excluding hydrogens is 320 g/mol. The van der Waals surface area contributed by atoms with E-state index in [9.17, 15) is 9.59 Å². The van der Waals surface area contributed by atoms with Crippen LogP contribution in [0.15, 0.2) is 12.3 Å². The second-order valence-electron chi connectivity index (χ2n) is 6.74. The Kier molecular flexibility index (Phi) is 4.79. The molecule has 8 heteroatoms. The summed E-state index contributed by atoms with van der Waals surface area (Å²) in [4.78, 5) is 35.5. The maximum atomic E-state index is 12.7. The van der Waals surface area contributed by atoms with E-state index in [4.69, 9.17) is 16.3 Å². The molecule has 7 nitrogen and oxygen atoms in total. The lowest BCUT2D eigenvalue weighted by Gasteiger charge is -2.24. The zero-order valence-corrected chi connectivity index (χ0v) is 14.7. The molecule has 1 aromatic heterocycles. The number of imide groups is 1. The van der Waals surface area contributed by atoms with Gasteiger partial charge in [0.1, 0.15) is 11.4 Å². The summed E-state index contributed by atoms with van der Waals surface area (Å²) < 4.78 is 5.31. The van der Waals surface area contributed by atoms with Gasteiger partial charge in [-0.15, -0.1) is 0 Å². The standard InChI is InChI=1S/C15H21ClN4O3/c1-9(2)10-8-19(14(22)23-15(3,4)5)13(21)20(10)11-6-7-17-12(16)18-11/h6-7,9-10H,8H2,1-5H3/t10-/m1/s1. The monoisotopic (exact) mass is 340 g/mol. The number of rotatable bonds is 2. The van der Waals surface area contributed by atoms with Gasteiger partial charge in [0, 0.05) is 6.20 Å². The highest BCUT2D eigenvalue weighted by atomic mass is 35.5. The third kappa shape index (κ3) is 3.90. The number of hydrogen-bond donors (Lipinski definition) is 0. The third-order valence-corrected chi connectivity index (χ3v) is 3.56. The van der Waals surface area contributed by atoms with Crippen molar-refractivity contribution in [2.75, 3.05) is 11.4 Å². The van der Waals surface area contributed by atoms with E-state index in [-0.39, 0.29) is 23.8 Å². The minimum atomic E-state index is -0.670. The molecule has 0 saturated carbocycles. The molecule has 1 aliphatic rings. The van der Waals surface area contributed by atoms with Crippen molar-refractivity contribution in [3.05, 3.63) is 17.5 Å². The Hall–Kier alpha value is -1.89. The molecule has 0 N–H and O–H groups in total. The van der Waals surface area contributed by atoms with Crippen LogP contribution in [0.5, 0.6) is 0 Å². The number of carbonyl (C=O) groups excluding carboxylic acids is 2. The van der Waals surface area contributed by atoms with E-state index in [1.807, 2.05) is 13.8 Å². The molecule has 0 radical (unpaired) electrons. The minimum Gasteiger partial charge on any atom is -0.443 e. The third-order valence-electron chi connectivity index (χ3n) is 3.38. The number of aromatic nitrogens is 2. The number of nitrogens with zero attached hydrogens (tertiary/aromatic N) is 4. The Morgan fingerprint density at radius 3 is 2.61 bits per heavy atom. The average molecular weight is 341 g/mol. The molecule has 0 unspecified atom stereocenters. The van der Waals surface area contributed by atoms with E-state index in [0.717, 1.165) is 4.90 Å². The maximum absolute atomic E-state index is 12.7. The first-order valence-corrected chi connectivity index (χ1v) is 7.80. The Bertz CT molecular complexity index is 615. The lowest BCUT2D eigenvalue weighted by molar-refractivity contribution is 0.0347. The van der Waals surface area contributed by atoms with Crippen LogP contribution in [0.2, 0.25) is 5.28 Å². The molecule has 0 bridgehead atoms. The van der Waals surface area contributed by atoms with E-state index in [2.05, 4.69) is 9.97 Å². The maximum Gasteiger partial charge on any atom is 0.418 e. The fourth-order valence-electron chi connectivity index (χ4n) is 2.33. The van der Waals surface area contributed by atoms with Crippen LogP contribution in [0.25, 0.3) is 0 Å². The highest BCUT2D eigenvalue weighted by molar-refractivity contribution is 6.28. The van der Waals surface area contributed by atoms with Gasteiger partial charge in [0.2, 0.25) is 5.28 Å². The van der Waals surface area contributed by atoms with Crippen LogP contribution in [-0.2, 0) is 4.74 Å². The zero-order chi connectivity index (χ0) is 17.4. The normalized spacial score (nSPS) is 18.7. The average Bonchev–Trinajstić information content (AvgIpc) is 2.74. The summed E-state index contributed by atoms with van der Waals surface area (Å²) in [5.74, 6) is 0.500. The van der Waals surface area contributed by atoms with E-state index in [1.165, 1.54) is 11.1 Å². The van der Waals surface area contributed by atoms with Gasteiger partial charge in [-0.1, -0.05) is 13.8 Å². The smallest absolute Gasteiger partial charge is 0.418 e. The first kappa shape index (κ1) is 17.5. The summed E-state index contributed by atoms with van der Waals surface area (Å²) in [5.41, 5.74) is -0.670. The topological polar surface area (TPSA) is 75.6 Å². The van der Waals surface area contributed by atoms with E-state index < -0.39 is 17.7 Å². The van der Waals surface area contributed by atoms with Crippen molar-refractivity contribution in [1.29, 1.82) is 0 Å². The van der Waals surface area contributed by atoms with E-state index in [1.54, 1.807) is 26.8 Å². The van der Waals surface area contributed by atoms with Crippen LogP contribution in [0.3, 0.4) is 0 Å². The fraction of sp³-hybridized carbons (Fsp3) is 0.600. The number of carbonyl (C=O) groups is 2. The summed E-state index contributed by atoms with van der Waals surface area (Å²) in [6.07, 6.45) is 0.821. The summed E-state index contributed by atoms with van der Waals surface area (Å²) in [5, 5.41) is 0.0496. The number of urea groups is 1. The summed E-state index contributed by atoms with van der Waals surface area (Å²) in [7, 11) is 0. The first-order valence-electron chi connectivity index (χ1n) is 7.42. The molecule has 1 aliphatic heterocycles. The van der Waals surface area contributed by atoms with Gasteiger partial charge in [-0.2, -0.15) is 0 Å². The number of hydrogen-bond acceptors (Lipinski definition) is 5. The van der Waals surface area contributed by atoms with Gasteiger partial charge in [-0.25, -0.2) is 24.5 Å². The lowest BCUT2D eigenvalue weighted by atomic mass is 10.0. The van der Waals surface area contributed by atoms with Gasteiger partial charge in [0.05, 0.1) is 12.6 Å². The van der Waals surface area contributed by atoms with Crippen LogP contribution < -0.4 is 4.90 Å². The first-order chi connectivity index (χ1) is 10.6. The van der Waals surface area contributed by atoms with Gasteiger partial charge in [0.25, 0.3) is 0 Å². The molecule has 3 amide bonds. The fourth-order valence-corrected chi connectivity index (χ4v) is 2.47. The van der Waals surface area contributed by atoms with Crippen molar-refractivity contribution in [3.63, 3.8) is 0 Å². The van der Waals surface area contributed by atoms with Crippen LogP contribution in [0.1, 0.15) is 34.6 Å². The largest absolute Gasteiger partial charge is 0.443 e. The summed E-state index contributed by atoms with van der Waals surface area (Å²) in [6.45, 7) is 9.47. The highest BCUT2D eigenvalue weighted by Gasteiger charge is 2.44. The number of halogens is 1. The van der Waals surface area contributed by atoms with Crippen LogP contribution in [0.4, 0.5) is 15.4 Å². The van der Waals surface area contributed by atoms with Crippen molar-refractivity contribution in [2.45, 2.75) is 46.3 Å². The van der Waals surface area contributed by atoms with Crippen molar-refractivity contribution >= 4 is 29.5 Å². The SMILES string of the molecule is CC(C)[C@H]1CN(C(=O)OC(C)(C)C)C(=O)N1c1ccnc(Cl)n1. The summed E-state index contributed by atoms with van der Waals surface area (Å²) >= 11 is 5.82. The number of anilines is 1. The van der Waals surface area contributed by atoms with Crippen molar-refractivity contribution in [3.8, 4) is 0 Å². The Morgan fingerprint density at radius 1 is 1.43 bits per heavy atom. The molecule has 0 spiro atoms. The summed E-state index contributed by atoms with van der Waals surface area (Å²) in [6, 6.07) is 0.922. The predicted octanol–water partition coefficient (Wildman–Crippen LogP) is 3.33. The second-order valence-corrected chi connectivity index (χ2v) is 7.08. The molecule has 126 valence electrons. The molecule has 1 atom stereocenters. The lowest BCUT2D eigenvalue weighted by Crippen LogP contribution is -2.40. The molecule has 1 aromatic rings. The highest BCUT2D eigenvalue weighted by Crippen LogP contribution is 2.28. The van der Waals surface area contributed by atoms with Gasteiger partial charge in [-0.05, 0) is 44.4 Å². The Labute approximate surface area is 140 Å². The van der Waals surface area contributed by atoms with Crippen molar-refractivity contribution < 1.29 is 14.3 Å². The molecule has 0 aliphatic carbocycles. The van der Waals surface area contributed by atoms with Crippen molar-refractivity contribution in [2.24, 2.45) is 5.92 Å². The quantitative estimate of drug-likeness (QED) is 0.772. The van der Waals surface area contributed by atoms with Gasteiger partial charge >= 0.3 is 12.1 Å². The van der Waals surface area contributed by atoms with Gasteiger partial charge in [-0.3, -0.25) is 4.90 Å². The number of ether oxygens (including phenoxy) is 1. The van der Waals surface area contributed by atoms with Gasteiger partial charge in [0.15, 0.2) is 0 Å². The van der Waals surface area contributed by atoms with Crippen molar-refractivity contribution in [1.82, 2.24) is 14.9 Å². The molecule has 1 fully saturated rings. The Morgan fingerprint density at radius 2 is 2.09 bits per heavy atom. The van der Waals surface area contributed by atoms with Crippen LogP contribution in [0, 0.1) is 5.92 Å². The number of amides is 3.